The molecule has 2 heterocycles. The fourth-order valence-corrected chi connectivity index (χ4v) is 3.23. The Bertz CT molecular complexity index is 921. The van der Waals surface area contributed by atoms with E-state index in [9.17, 15) is 4.79 Å². The maximum Gasteiger partial charge on any atom is 0.311 e. The molecule has 0 amide bonds. The molecule has 0 radical (unpaired) electrons. The van der Waals surface area contributed by atoms with Crippen LogP contribution in [-0.4, -0.2) is 29.2 Å². The Kier molecular flexibility index (Phi) is 5.99. The fraction of sp³-hybridized carbons (Fsp3) is 0.435. The molecule has 1 aliphatic heterocycles. The van der Waals surface area contributed by atoms with Crippen LogP contribution < -0.4 is 4.74 Å². The zero-order valence-corrected chi connectivity index (χ0v) is 17.0. The maximum absolute atomic E-state index is 11.5. The summed E-state index contributed by atoms with van der Waals surface area (Å²) in [7, 11) is 0. The Labute approximate surface area is 166 Å². The molecule has 3 rings (SSSR count). The van der Waals surface area contributed by atoms with Gasteiger partial charge in [-0.3, -0.25) is 9.78 Å². The molecule has 28 heavy (non-hydrogen) atoms. The summed E-state index contributed by atoms with van der Waals surface area (Å²) in [4.78, 5) is 20.1. The van der Waals surface area contributed by atoms with E-state index in [2.05, 4.69) is 54.7 Å². The highest BCUT2D eigenvalue weighted by atomic mass is 16.5. The van der Waals surface area contributed by atoms with E-state index in [1.807, 2.05) is 0 Å². The van der Waals surface area contributed by atoms with Crippen molar-refractivity contribution >= 4 is 5.97 Å². The first-order chi connectivity index (χ1) is 13.4. The van der Waals surface area contributed by atoms with Crippen LogP contribution in [0.2, 0.25) is 0 Å². The van der Waals surface area contributed by atoms with Crippen molar-refractivity contribution < 1.29 is 14.3 Å². The van der Waals surface area contributed by atoms with Crippen molar-refractivity contribution in [2.75, 3.05) is 13.2 Å². The summed E-state index contributed by atoms with van der Waals surface area (Å²) in [6.07, 6.45) is 5.16. The van der Waals surface area contributed by atoms with E-state index >= 15 is 0 Å². The minimum atomic E-state index is -0.304. The lowest BCUT2D eigenvalue weighted by Crippen LogP contribution is -2.27. The largest absolute Gasteiger partial charge is 0.493 e. The molecular weight excluding hydrogens is 352 g/mol. The van der Waals surface area contributed by atoms with Gasteiger partial charge in [0.2, 0.25) is 0 Å². The molecule has 0 bridgehead atoms. The molecule has 146 valence electrons. The normalized spacial score (nSPS) is 14.3. The van der Waals surface area contributed by atoms with E-state index < -0.39 is 0 Å². The summed E-state index contributed by atoms with van der Waals surface area (Å²) in [5.74, 6) is 7.01. The van der Waals surface area contributed by atoms with Crippen molar-refractivity contribution in [1.29, 1.82) is 0 Å². The highest BCUT2D eigenvalue weighted by Gasteiger charge is 2.29. The zero-order valence-electron chi connectivity index (χ0n) is 17.0. The first-order valence-electron chi connectivity index (χ1n) is 9.71. The quantitative estimate of drug-likeness (QED) is 0.601. The van der Waals surface area contributed by atoms with Crippen LogP contribution in [0.15, 0.2) is 24.5 Å². The third-order valence-electron chi connectivity index (χ3n) is 4.96. The molecule has 0 aliphatic carbocycles. The number of aryl methyl sites for hydroxylation is 1. The number of ether oxygens (including phenoxy) is 2. The third-order valence-corrected chi connectivity index (χ3v) is 4.96. The van der Waals surface area contributed by atoms with Gasteiger partial charge in [0.15, 0.2) is 0 Å². The lowest BCUT2D eigenvalue weighted by molar-refractivity contribution is -0.142. The van der Waals surface area contributed by atoms with Gasteiger partial charge in [0.1, 0.15) is 11.4 Å². The van der Waals surface area contributed by atoms with Crippen molar-refractivity contribution in [1.82, 2.24) is 9.97 Å². The minimum absolute atomic E-state index is 0.0742. The van der Waals surface area contributed by atoms with Crippen LogP contribution in [0.4, 0.5) is 0 Å². The summed E-state index contributed by atoms with van der Waals surface area (Å²) in [5.41, 5.74) is 4.59. The van der Waals surface area contributed by atoms with Gasteiger partial charge < -0.3 is 9.47 Å². The first-order valence-corrected chi connectivity index (χ1v) is 9.71. The number of carbonyl (C=O) groups is 1. The van der Waals surface area contributed by atoms with Crippen LogP contribution in [0.5, 0.6) is 5.75 Å². The monoisotopic (exact) mass is 378 g/mol. The van der Waals surface area contributed by atoms with Crippen molar-refractivity contribution in [3.8, 4) is 17.6 Å². The fourth-order valence-electron chi connectivity index (χ4n) is 3.23. The van der Waals surface area contributed by atoms with Crippen molar-refractivity contribution in [2.24, 2.45) is 0 Å². The van der Waals surface area contributed by atoms with Crippen LogP contribution in [0.3, 0.4) is 0 Å². The summed E-state index contributed by atoms with van der Waals surface area (Å²) < 4.78 is 10.8. The van der Waals surface area contributed by atoms with Crippen LogP contribution >= 0.6 is 0 Å². The van der Waals surface area contributed by atoms with Gasteiger partial charge in [-0.15, -0.1) is 0 Å². The molecule has 1 aromatic heterocycles. The summed E-state index contributed by atoms with van der Waals surface area (Å²) in [5, 5.41) is 0. The van der Waals surface area contributed by atoms with Gasteiger partial charge in [0.05, 0.1) is 37.7 Å². The Morgan fingerprint density at radius 2 is 2.04 bits per heavy atom. The van der Waals surface area contributed by atoms with Crippen molar-refractivity contribution in [3.05, 3.63) is 52.6 Å². The third kappa shape index (κ3) is 4.51. The average Bonchev–Trinajstić information content (AvgIpc) is 2.67. The van der Waals surface area contributed by atoms with Gasteiger partial charge in [-0.25, -0.2) is 4.98 Å². The highest BCUT2D eigenvalue weighted by Crippen LogP contribution is 2.39. The molecule has 0 atom stereocenters. The van der Waals surface area contributed by atoms with Crippen LogP contribution in [0.1, 0.15) is 62.2 Å². The number of benzene rings is 1. The summed E-state index contributed by atoms with van der Waals surface area (Å²) in [6.45, 7) is 9.49. The highest BCUT2D eigenvalue weighted by molar-refractivity contribution is 5.71. The molecule has 1 aliphatic rings. The molecule has 1 aromatic carbocycles. The molecule has 0 N–H and O–H groups in total. The second kappa shape index (κ2) is 8.43. The maximum atomic E-state index is 11.5. The SMILES string of the molecule is CCOC(=O)Cc1cnc(C#Cc2cc3c(cc2CC)OCCC3(C)C)cn1. The number of hydrogen-bond acceptors (Lipinski definition) is 5. The van der Waals surface area contributed by atoms with Crippen LogP contribution in [-0.2, 0) is 27.8 Å². The molecule has 0 fully saturated rings. The predicted octanol–water partition coefficient (Wildman–Crippen LogP) is 3.60. The van der Waals surface area contributed by atoms with Gasteiger partial charge >= 0.3 is 5.97 Å². The van der Waals surface area contributed by atoms with Gasteiger partial charge in [-0.05, 0) is 48.8 Å². The molecular formula is C23H26N2O3. The average molecular weight is 378 g/mol. The number of hydrogen-bond donors (Lipinski definition) is 0. The van der Waals surface area contributed by atoms with E-state index in [0.717, 1.165) is 36.3 Å². The van der Waals surface area contributed by atoms with Gasteiger partial charge in [0.25, 0.3) is 0 Å². The minimum Gasteiger partial charge on any atom is -0.493 e. The van der Waals surface area contributed by atoms with Gasteiger partial charge in [-0.2, -0.15) is 0 Å². The molecule has 5 heteroatoms. The number of rotatable bonds is 4. The molecule has 5 nitrogen and oxygen atoms in total. The van der Waals surface area contributed by atoms with Crippen LogP contribution in [0, 0.1) is 11.8 Å². The number of nitrogens with zero attached hydrogens (tertiary/aromatic N) is 2. The molecule has 0 unspecified atom stereocenters. The summed E-state index contributed by atoms with van der Waals surface area (Å²) >= 11 is 0. The molecule has 0 spiro atoms. The smallest absolute Gasteiger partial charge is 0.311 e. The van der Waals surface area contributed by atoms with Gasteiger partial charge in [-0.1, -0.05) is 26.7 Å². The number of esters is 1. The van der Waals surface area contributed by atoms with Crippen molar-refractivity contribution in [2.45, 2.75) is 52.4 Å². The second-order valence-corrected chi connectivity index (χ2v) is 7.47. The number of carbonyl (C=O) groups excluding carboxylic acids is 1. The van der Waals surface area contributed by atoms with E-state index in [1.54, 1.807) is 19.3 Å². The van der Waals surface area contributed by atoms with E-state index in [1.165, 1.54) is 5.56 Å². The summed E-state index contributed by atoms with van der Waals surface area (Å²) in [6, 6.07) is 4.28. The van der Waals surface area contributed by atoms with E-state index in [4.69, 9.17) is 9.47 Å². The standard InChI is InChI=1S/C23H26N2O3/c1-5-16-12-21-20(23(3,4)9-10-28-21)11-17(16)7-8-18-14-25-19(15-24-18)13-22(26)27-6-2/h11-12,14-15H,5-6,9-10,13H2,1-4H3. The van der Waals surface area contributed by atoms with E-state index in [0.29, 0.717) is 18.0 Å². The lowest BCUT2D eigenvalue weighted by Gasteiger charge is -2.33. The van der Waals surface area contributed by atoms with E-state index in [-0.39, 0.29) is 17.8 Å². The van der Waals surface area contributed by atoms with Gasteiger partial charge in [0, 0.05) is 11.1 Å². The Morgan fingerprint density at radius 3 is 2.71 bits per heavy atom. The molecule has 0 saturated carbocycles. The zero-order chi connectivity index (χ0) is 20.1. The van der Waals surface area contributed by atoms with Crippen LogP contribution in [0.25, 0.3) is 0 Å². The Balaban J connectivity index is 1.84. The van der Waals surface area contributed by atoms with Crippen molar-refractivity contribution in [3.63, 3.8) is 0 Å². The Morgan fingerprint density at radius 1 is 1.21 bits per heavy atom. The number of aromatic nitrogens is 2. The molecule has 2 aromatic rings. The Hall–Kier alpha value is -2.87. The predicted molar refractivity (Wildman–Crippen MR) is 107 cm³/mol. The molecule has 0 saturated heterocycles. The lowest BCUT2D eigenvalue weighted by atomic mass is 9.78. The topological polar surface area (TPSA) is 61.3 Å². The second-order valence-electron chi connectivity index (χ2n) is 7.47. The first kappa shape index (κ1) is 19.9. The number of fused-ring (bicyclic) bond motifs is 1.